The van der Waals surface area contributed by atoms with E-state index in [0.717, 1.165) is 11.3 Å². The highest BCUT2D eigenvalue weighted by Gasteiger charge is 2.20. The number of para-hydroxylation sites is 1. The number of hydrogen-bond acceptors (Lipinski definition) is 11. The van der Waals surface area contributed by atoms with E-state index in [0.29, 0.717) is 33.0 Å². The number of carbonyl (C=O) groups is 3. The fourth-order valence-corrected chi connectivity index (χ4v) is 3.64. The van der Waals surface area contributed by atoms with Crippen LogP contribution in [-0.2, 0) is 28.5 Å². The Morgan fingerprint density at radius 1 is 0.921 bits per heavy atom. The fraction of sp³-hybridized carbons (Fsp3) is 0.478. The minimum Gasteiger partial charge on any atom is -0.481 e. The lowest BCUT2D eigenvalue weighted by molar-refractivity contribution is -0.380. The number of hydrogen-bond donors (Lipinski definition) is 3. The fourth-order valence-electron chi connectivity index (χ4n) is 2.86. The standard InChI is InChI=1S/C23H30N4O10S/c1-16-22(27(32)33)38-23(24-16)26-21(31)17-4-2-3-5-18(17)25-19(28)6-8-34-10-12-36-14-15-37-13-11-35-9-7-20(29)30/h2-5H,6-15H2,1H3,(H,25,28)(H,29,30)(H,24,26,31). The number of nitrogens with zero attached hydrogens (tertiary/aromatic N) is 2. The third-order valence-corrected chi connectivity index (χ3v) is 5.68. The van der Waals surface area contributed by atoms with E-state index < -0.39 is 16.8 Å². The molecule has 0 fully saturated rings. The maximum atomic E-state index is 12.7. The summed E-state index contributed by atoms with van der Waals surface area (Å²) in [6.45, 7) is 3.73. The van der Waals surface area contributed by atoms with Crippen LogP contribution < -0.4 is 10.6 Å². The lowest BCUT2D eigenvalue weighted by Gasteiger charge is -2.11. The lowest BCUT2D eigenvalue weighted by Crippen LogP contribution is -2.19. The first-order valence-corrected chi connectivity index (χ1v) is 12.4. The van der Waals surface area contributed by atoms with Crippen LogP contribution in [0.5, 0.6) is 0 Å². The largest absolute Gasteiger partial charge is 0.481 e. The predicted molar refractivity (Wildman–Crippen MR) is 137 cm³/mol. The Morgan fingerprint density at radius 3 is 2.03 bits per heavy atom. The molecule has 0 aliphatic carbocycles. The van der Waals surface area contributed by atoms with Gasteiger partial charge in [0, 0.05) is 0 Å². The number of aryl methyl sites for hydroxylation is 1. The Balaban J connectivity index is 1.60. The van der Waals surface area contributed by atoms with Gasteiger partial charge in [-0.3, -0.25) is 29.8 Å². The van der Waals surface area contributed by atoms with Crippen molar-refractivity contribution in [3.05, 3.63) is 45.6 Å². The SMILES string of the molecule is Cc1nc(NC(=O)c2ccccc2NC(=O)CCOCCOCCOCCOCCC(=O)O)sc1[N+](=O)[O-]. The quantitative estimate of drug-likeness (QED) is 0.131. The van der Waals surface area contributed by atoms with Crippen LogP contribution in [0.25, 0.3) is 0 Å². The molecule has 2 aromatic rings. The molecule has 0 aliphatic heterocycles. The summed E-state index contributed by atoms with van der Waals surface area (Å²) in [6, 6.07) is 6.38. The van der Waals surface area contributed by atoms with Gasteiger partial charge in [-0.15, -0.1) is 0 Å². The number of carbonyl (C=O) groups excluding carboxylic acids is 2. The average Bonchev–Trinajstić information content (AvgIpc) is 3.24. The second-order valence-electron chi connectivity index (χ2n) is 7.56. The summed E-state index contributed by atoms with van der Waals surface area (Å²) >= 11 is 0.753. The zero-order chi connectivity index (χ0) is 27.8. The van der Waals surface area contributed by atoms with Gasteiger partial charge in [0.15, 0.2) is 5.13 Å². The van der Waals surface area contributed by atoms with Crippen molar-refractivity contribution in [2.75, 3.05) is 63.5 Å². The van der Waals surface area contributed by atoms with Gasteiger partial charge in [-0.25, -0.2) is 4.98 Å². The van der Waals surface area contributed by atoms with E-state index in [9.17, 15) is 24.5 Å². The minimum absolute atomic E-state index is 0.0428. The third kappa shape index (κ3) is 11.7. The highest BCUT2D eigenvalue weighted by atomic mass is 32.1. The van der Waals surface area contributed by atoms with Crippen molar-refractivity contribution in [2.24, 2.45) is 0 Å². The van der Waals surface area contributed by atoms with Gasteiger partial charge in [0.05, 0.1) is 81.9 Å². The summed E-state index contributed by atoms with van der Waals surface area (Å²) in [5.74, 6) is -1.83. The molecule has 0 saturated carbocycles. The first-order chi connectivity index (χ1) is 18.3. The third-order valence-electron chi connectivity index (χ3n) is 4.65. The molecule has 0 spiro atoms. The second kappa shape index (κ2) is 17.1. The monoisotopic (exact) mass is 554 g/mol. The van der Waals surface area contributed by atoms with Gasteiger partial charge in [0.1, 0.15) is 5.69 Å². The molecule has 1 aromatic heterocycles. The number of amides is 2. The van der Waals surface area contributed by atoms with Gasteiger partial charge in [-0.2, -0.15) is 0 Å². The van der Waals surface area contributed by atoms with Gasteiger partial charge in [0.2, 0.25) is 5.91 Å². The zero-order valence-corrected chi connectivity index (χ0v) is 21.6. The molecule has 0 bridgehead atoms. The topological polar surface area (TPSA) is 188 Å². The number of carboxylic acid groups (broad SMARTS) is 1. The molecule has 15 heteroatoms. The van der Waals surface area contributed by atoms with Crippen molar-refractivity contribution in [3.63, 3.8) is 0 Å². The molecule has 208 valence electrons. The smallest absolute Gasteiger partial charge is 0.348 e. The number of nitro groups is 1. The number of aromatic nitrogens is 1. The van der Waals surface area contributed by atoms with Gasteiger partial charge in [0.25, 0.3) is 5.91 Å². The van der Waals surface area contributed by atoms with Crippen LogP contribution in [0, 0.1) is 17.0 Å². The van der Waals surface area contributed by atoms with E-state index in [4.69, 9.17) is 24.1 Å². The molecule has 0 unspecified atom stereocenters. The first kappa shape index (κ1) is 30.7. The Hall–Kier alpha value is -3.50. The number of thiazole rings is 1. The van der Waals surface area contributed by atoms with Gasteiger partial charge in [-0.1, -0.05) is 12.1 Å². The summed E-state index contributed by atoms with van der Waals surface area (Å²) in [6.07, 6.45) is 0.0116. The molecule has 2 amide bonds. The molecule has 14 nitrogen and oxygen atoms in total. The molecule has 0 atom stereocenters. The lowest BCUT2D eigenvalue weighted by atomic mass is 10.1. The van der Waals surface area contributed by atoms with Crippen molar-refractivity contribution in [3.8, 4) is 0 Å². The normalized spacial score (nSPS) is 10.8. The second-order valence-corrected chi connectivity index (χ2v) is 8.54. The van der Waals surface area contributed by atoms with Crippen LogP contribution in [0.3, 0.4) is 0 Å². The maximum absolute atomic E-state index is 12.7. The van der Waals surface area contributed by atoms with E-state index >= 15 is 0 Å². The number of aliphatic carboxylic acids is 1. The van der Waals surface area contributed by atoms with Crippen molar-refractivity contribution in [2.45, 2.75) is 19.8 Å². The van der Waals surface area contributed by atoms with Gasteiger partial charge in [-0.05, 0) is 30.4 Å². The van der Waals surface area contributed by atoms with Gasteiger partial charge >= 0.3 is 11.0 Å². The van der Waals surface area contributed by atoms with E-state index in [1.807, 2.05) is 0 Å². The molecule has 38 heavy (non-hydrogen) atoms. The van der Waals surface area contributed by atoms with Crippen molar-refractivity contribution >= 4 is 44.9 Å². The zero-order valence-electron chi connectivity index (χ0n) is 20.8. The van der Waals surface area contributed by atoms with E-state index in [1.165, 1.54) is 13.0 Å². The highest BCUT2D eigenvalue weighted by Crippen LogP contribution is 2.30. The molecule has 2 rings (SSSR count). The van der Waals surface area contributed by atoms with Crippen LogP contribution in [0.2, 0.25) is 0 Å². The number of carboxylic acids is 1. The van der Waals surface area contributed by atoms with Crippen LogP contribution >= 0.6 is 11.3 Å². The number of rotatable bonds is 19. The molecular formula is C23H30N4O10S. The van der Waals surface area contributed by atoms with Crippen LogP contribution in [0.15, 0.2) is 24.3 Å². The van der Waals surface area contributed by atoms with Crippen molar-refractivity contribution in [1.29, 1.82) is 0 Å². The summed E-state index contributed by atoms with van der Waals surface area (Å²) in [7, 11) is 0. The minimum atomic E-state index is -0.909. The van der Waals surface area contributed by atoms with Crippen LogP contribution in [0.4, 0.5) is 15.8 Å². The van der Waals surface area contributed by atoms with E-state index in [2.05, 4.69) is 15.6 Å². The molecule has 0 saturated heterocycles. The molecule has 0 aliphatic rings. The summed E-state index contributed by atoms with van der Waals surface area (Å²) < 4.78 is 21.1. The Labute approximate surface area is 222 Å². The Morgan fingerprint density at radius 2 is 1.47 bits per heavy atom. The van der Waals surface area contributed by atoms with E-state index in [1.54, 1.807) is 18.2 Å². The number of nitrogens with one attached hydrogen (secondary N) is 2. The molecule has 1 heterocycles. The summed E-state index contributed by atoms with van der Waals surface area (Å²) in [4.78, 5) is 49.7. The summed E-state index contributed by atoms with van der Waals surface area (Å²) in [5, 5.41) is 24.6. The Bertz CT molecular complexity index is 1080. The number of ether oxygens (including phenoxy) is 4. The number of anilines is 2. The van der Waals surface area contributed by atoms with Crippen molar-refractivity contribution < 1.29 is 43.4 Å². The van der Waals surface area contributed by atoms with Crippen LogP contribution in [-0.4, -0.2) is 85.7 Å². The van der Waals surface area contributed by atoms with Gasteiger partial charge < -0.3 is 29.4 Å². The molecular weight excluding hydrogens is 524 g/mol. The van der Waals surface area contributed by atoms with E-state index in [-0.39, 0.29) is 65.6 Å². The summed E-state index contributed by atoms with van der Waals surface area (Å²) in [5.41, 5.74) is 0.667. The maximum Gasteiger partial charge on any atom is 0.348 e. The Kier molecular flexibility index (Phi) is 13.8. The predicted octanol–water partition coefficient (Wildman–Crippen LogP) is 2.48. The van der Waals surface area contributed by atoms with Crippen molar-refractivity contribution in [1.82, 2.24) is 4.98 Å². The molecule has 0 radical (unpaired) electrons. The first-order valence-electron chi connectivity index (χ1n) is 11.6. The molecule has 1 aromatic carbocycles. The average molecular weight is 555 g/mol. The van der Waals surface area contributed by atoms with Crippen LogP contribution in [0.1, 0.15) is 28.9 Å². The highest BCUT2D eigenvalue weighted by molar-refractivity contribution is 7.19. The number of benzene rings is 1. The molecule has 3 N–H and O–H groups in total.